The van der Waals surface area contributed by atoms with E-state index < -0.39 is 285 Å². The minimum atomic E-state index is -2.34. The predicted molar refractivity (Wildman–Crippen MR) is 325 cm³/mol. The number of hydrogen-bond acceptors (Lipinski definition) is 37. The van der Waals surface area contributed by atoms with Gasteiger partial charge in [-0.2, -0.15) is 0 Å². The van der Waals surface area contributed by atoms with Gasteiger partial charge in [0.25, 0.3) is 11.4 Å². The zero-order valence-electron chi connectivity index (χ0n) is 55.5. The number of hydroxylamine groups is 1. The molecule has 0 spiro atoms. The fraction of sp³-hybridized carbons (Fsp3) is 0.951. The predicted octanol–water partition coefficient (Wildman–Crippen LogP) is -11.6. The van der Waals surface area contributed by atoms with Crippen LogP contribution in [0.2, 0.25) is 0 Å². The maximum Gasteiger partial charge on any atom is 0.293 e. The van der Waals surface area contributed by atoms with E-state index in [0.717, 1.165) is 38.5 Å². The lowest BCUT2D eigenvalue weighted by atomic mass is 9.90. The number of amides is 2. The van der Waals surface area contributed by atoms with Crippen molar-refractivity contribution in [3.05, 3.63) is 5.21 Å². The van der Waals surface area contributed by atoms with Gasteiger partial charge in [-0.15, -0.1) is 0 Å². The number of carbonyl (C=O) groups is 2. The highest BCUT2D eigenvalue weighted by Crippen LogP contribution is 2.40. The Bertz CT molecular complexity index is 2570. The van der Waals surface area contributed by atoms with Gasteiger partial charge in [0, 0.05) is 25.9 Å². The second-order valence-corrected chi connectivity index (χ2v) is 27.0. The van der Waals surface area contributed by atoms with E-state index in [1.165, 1.54) is 25.5 Å². The molecule has 21 saturated heterocycles. The van der Waals surface area contributed by atoms with Crippen molar-refractivity contribution in [3.8, 4) is 0 Å². The van der Waals surface area contributed by atoms with Gasteiger partial charge < -0.3 is 184 Å². The Morgan fingerprint density at radius 3 is 0.861 bits per heavy atom. The minimum absolute atomic E-state index is 0.0823. The summed E-state index contributed by atoms with van der Waals surface area (Å²) in [5, 5.41) is 244. The van der Waals surface area contributed by atoms with Crippen molar-refractivity contribution in [2.24, 2.45) is 0 Å². The topological polar surface area (TPSA) is 618 Å². The molecule has 21 fully saturated rings. The lowest BCUT2D eigenvalue weighted by Gasteiger charge is -2.50. The fourth-order valence-corrected chi connectivity index (χ4v) is 14.1. The summed E-state index contributed by atoms with van der Waals surface area (Å²) in [5.41, 5.74) is -1.94. The number of nitrogens with zero attached hydrogens (tertiary/aromatic N) is 1. The normalized spacial score (nSPS) is 47.1. The average Bonchev–Trinajstić information content (AvgIpc) is 1.78. The van der Waals surface area contributed by atoms with Gasteiger partial charge in [0.1, 0.15) is 177 Å². The first-order valence-corrected chi connectivity index (χ1v) is 34.5. The van der Waals surface area contributed by atoms with E-state index in [4.69, 9.17) is 66.3 Å². The number of hydrogen-bond donors (Lipinski definition) is 22. The summed E-state index contributed by atoms with van der Waals surface area (Å²) in [4.78, 5) is 28.0. The van der Waals surface area contributed by atoms with E-state index in [9.17, 15) is 117 Å². The van der Waals surface area contributed by atoms with Crippen LogP contribution in [0.15, 0.2) is 0 Å². The Morgan fingerprint density at radius 1 is 0.366 bits per heavy atom. The van der Waals surface area contributed by atoms with Crippen LogP contribution in [-0.2, 0) is 75.9 Å². The summed E-state index contributed by atoms with van der Waals surface area (Å²) in [6, 6.07) is 0. The van der Waals surface area contributed by atoms with Crippen LogP contribution in [0.5, 0.6) is 0 Å². The van der Waals surface area contributed by atoms with Crippen LogP contribution in [0.25, 0.3) is 0 Å². The SMILES string of the molecule is CCCCCCCCCCCCNC(=O)C1(CC(=O)NC[C@H]2O[C@@H]3O[C@H]4[C@H](O)[C@@H](O)[C@@H](O[C@H]5[C@H](O)[C@@H](O)[C@H](O[C@@H]5CO)O[C@H]5C(O)[C@@H](O)[C@@H](O[C@H]6[C@H](O)[C@@H](O)[C@@H](O[C@H]7[C@H](O)[C@@H](O)[C@@H](O[C@H]8[C@H](O)C(O)[C@@H](O[C@H]2[C@H](O)[C@H]3O)O[C@@H]8CO)O[C@@H]7CO)O[C@@H]6CO)O[C@@H]5CO)O[C@@H]4CO)CCC=[N+]1[O-]. The lowest BCUT2D eigenvalue weighted by molar-refractivity contribution is -0.518. The monoisotopic (exact) mass is 1470 g/mol. The van der Waals surface area contributed by atoms with E-state index in [-0.39, 0.29) is 19.4 Å². The van der Waals surface area contributed by atoms with Crippen molar-refractivity contribution in [2.75, 3.05) is 52.7 Å². The Kier molecular flexibility index (Phi) is 30.3. The molecule has 0 saturated carbocycles. The molecule has 40 heteroatoms. The first kappa shape index (κ1) is 82.1. The molecule has 0 aromatic carbocycles. The van der Waals surface area contributed by atoms with Crippen molar-refractivity contribution >= 4 is 18.0 Å². The van der Waals surface area contributed by atoms with Crippen LogP contribution in [0.4, 0.5) is 0 Å². The van der Waals surface area contributed by atoms with Crippen LogP contribution in [0.1, 0.15) is 90.4 Å². The van der Waals surface area contributed by atoms with Crippen LogP contribution in [-0.4, -0.2) is 398 Å². The lowest BCUT2D eigenvalue weighted by Crippen LogP contribution is -2.68. The molecule has 22 heterocycles. The maximum atomic E-state index is 14.1. The van der Waals surface area contributed by atoms with E-state index in [1.54, 1.807) is 0 Å². The van der Waals surface area contributed by atoms with E-state index >= 15 is 0 Å². The Morgan fingerprint density at radius 2 is 0.614 bits per heavy atom. The molecule has 2 amide bonds. The smallest absolute Gasteiger partial charge is 0.293 e. The maximum absolute atomic E-state index is 14.1. The fourth-order valence-electron chi connectivity index (χ4n) is 14.1. The first-order chi connectivity index (χ1) is 48.3. The zero-order chi connectivity index (χ0) is 73.3. The summed E-state index contributed by atoms with van der Waals surface area (Å²) in [6.45, 7) is -5.00. The summed E-state index contributed by atoms with van der Waals surface area (Å²) in [5.74, 6) is -1.69. The van der Waals surface area contributed by atoms with Gasteiger partial charge in [0.05, 0.1) is 39.6 Å². The van der Waals surface area contributed by atoms with Crippen molar-refractivity contribution < 1.29 is 183 Å². The minimum Gasteiger partial charge on any atom is -0.623 e. The van der Waals surface area contributed by atoms with Gasteiger partial charge >= 0.3 is 0 Å². The van der Waals surface area contributed by atoms with E-state index in [1.807, 2.05) is 0 Å². The number of rotatable bonds is 22. The highest BCUT2D eigenvalue weighted by atomic mass is 16.8. The van der Waals surface area contributed by atoms with Crippen LogP contribution < -0.4 is 10.6 Å². The van der Waals surface area contributed by atoms with Gasteiger partial charge in [-0.05, 0) is 6.42 Å². The van der Waals surface area contributed by atoms with Crippen molar-refractivity contribution in [1.29, 1.82) is 0 Å². The van der Waals surface area contributed by atoms with Gasteiger partial charge in [0.15, 0.2) is 50.2 Å². The van der Waals surface area contributed by atoms with Gasteiger partial charge in [-0.1, -0.05) is 64.7 Å². The van der Waals surface area contributed by atoms with Crippen LogP contribution in [0.3, 0.4) is 0 Å². The zero-order valence-corrected chi connectivity index (χ0v) is 55.5. The molecule has 36 atom stereocenters. The number of ether oxygens (including phenoxy) is 14. The summed E-state index contributed by atoms with van der Waals surface area (Å²) >= 11 is 0. The van der Waals surface area contributed by atoms with Crippen molar-refractivity contribution in [1.82, 2.24) is 10.6 Å². The van der Waals surface area contributed by atoms with Crippen LogP contribution >= 0.6 is 0 Å². The van der Waals surface area contributed by atoms with Gasteiger partial charge in [-0.25, -0.2) is 4.74 Å². The summed E-state index contributed by atoms with van der Waals surface area (Å²) in [7, 11) is 0. The number of carbonyl (C=O) groups excluding carboxylic acids is 2. The number of nitrogens with one attached hydrogen (secondary N) is 2. The molecule has 14 bridgehead atoms. The quantitative estimate of drug-likeness (QED) is 0.0272. The average molecular weight is 1470 g/mol. The molecule has 22 aliphatic rings. The van der Waals surface area contributed by atoms with E-state index in [0.29, 0.717) is 11.2 Å². The van der Waals surface area contributed by atoms with Crippen LogP contribution in [0, 0.1) is 5.21 Å². The molecular weight excluding hydrogens is 1370 g/mol. The molecule has 40 nitrogen and oxygen atoms in total. The third-order valence-electron chi connectivity index (χ3n) is 20.1. The molecule has 22 rings (SSSR count). The molecule has 584 valence electrons. The number of aliphatic hydroxyl groups excluding tert-OH is 20. The second-order valence-electron chi connectivity index (χ2n) is 27.0. The number of unbranched alkanes of at least 4 members (excludes halogenated alkanes) is 9. The third kappa shape index (κ3) is 18.3. The Hall–Kier alpha value is -2.95. The molecule has 0 aliphatic carbocycles. The van der Waals surface area contributed by atoms with Crippen molar-refractivity contribution in [3.63, 3.8) is 0 Å². The molecule has 101 heavy (non-hydrogen) atoms. The highest BCUT2D eigenvalue weighted by Gasteiger charge is 2.60. The Balaban J connectivity index is 0.975. The number of aliphatic hydroxyl groups is 20. The standard InChI is InChI=1S/C61H103N3O37/c1-2-3-4-5-6-7-8-9-10-11-14-62-60(86)61(13-12-15-64(61)87)16-31(71)63-17-24-46-32(72)39(79)53(88-24)96-47-25(18-65)90-55(41(81)34(47)74)98-49-27(20-67)92-57(43(83)36(49)76)100-51-29(22-69)94-59(45(85)38(51)78)101-52-30(23-70)93-58(44(84)37(52)77)99-50-28(21-68)91-56(42(82)35(50)75)97-48-26(19-66)89-54(95-46)40(80)33(48)73/h15,24-30,32-59,65-70,72-85H,2-14,16-23H2,1H3,(H,62,86)(H,63,71)/t24-,25-,26-,27-,28-,29-,30-,32-,33-,34-,35-,36-,37-,38?,39-,40?,41-,42-,43-,44-,45-,46-,47-,48-,49-,50-,51-,52-,53-,54-,55-,56-,57-,58-,59-,61?/m1/s1. The molecule has 0 radical (unpaired) electrons. The molecule has 22 aliphatic heterocycles. The molecular formula is C61H103N3O37. The van der Waals surface area contributed by atoms with E-state index in [2.05, 4.69) is 17.6 Å². The van der Waals surface area contributed by atoms with Crippen molar-refractivity contribution in [2.45, 2.75) is 311 Å². The molecule has 0 aromatic heterocycles. The molecule has 3 unspecified atom stereocenters. The Labute approximate surface area is 578 Å². The second kappa shape index (κ2) is 37.2. The summed E-state index contributed by atoms with van der Waals surface area (Å²) in [6.07, 6.45) is -62.1. The molecule has 22 N–H and O–H groups in total. The first-order valence-electron chi connectivity index (χ1n) is 34.5. The molecule has 0 aromatic rings. The highest BCUT2D eigenvalue weighted by molar-refractivity contribution is 5.92. The largest absolute Gasteiger partial charge is 0.623 e. The third-order valence-corrected chi connectivity index (χ3v) is 20.1. The van der Waals surface area contributed by atoms with Gasteiger partial charge in [-0.3, -0.25) is 9.59 Å². The van der Waals surface area contributed by atoms with Gasteiger partial charge in [0.2, 0.25) is 5.91 Å². The summed E-state index contributed by atoms with van der Waals surface area (Å²) < 4.78 is 81.9.